The molecule has 57 heavy (non-hydrogen) atoms. The standard InChI is InChI=1S/C43H72O14/c1-21-29(48)34(57-36-32(51)31(50)30(49)25(18-44)55-36)33(52)37(54-21)56-28-10-11-39(4)26(40(28,5)19-45)9-12-41(6)35(39)24(53-8)15-22-23-16-38(2,3)13-14-43(23,20-46)27(47)17-42(22,41)7/h15,21,23-37,44-52H,9-14,16-20H2,1-8H3/t21-,23+,24+,25-,26-,27-,28-,29+,30-,31+,32-,33-,34+,35-,36+,37+,39+,40-,41-,42-,43-/m1/s1. The van der Waals surface area contributed by atoms with E-state index in [4.69, 9.17) is 23.7 Å². The van der Waals surface area contributed by atoms with Crippen molar-refractivity contribution < 1.29 is 69.6 Å². The minimum absolute atomic E-state index is 0.0303. The summed E-state index contributed by atoms with van der Waals surface area (Å²) in [5.74, 6) is 0.0264. The highest BCUT2D eigenvalue weighted by atomic mass is 16.7. The highest BCUT2D eigenvalue weighted by molar-refractivity contribution is 5.37. The van der Waals surface area contributed by atoms with Crippen molar-refractivity contribution in [3.05, 3.63) is 11.6 Å². The van der Waals surface area contributed by atoms with Crippen LogP contribution in [0, 0.1) is 50.2 Å². The highest BCUT2D eigenvalue weighted by Gasteiger charge is 2.72. The fourth-order valence-corrected chi connectivity index (χ4v) is 14.0. The van der Waals surface area contributed by atoms with Crippen LogP contribution in [0.1, 0.15) is 99.8 Å². The van der Waals surface area contributed by atoms with Crippen molar-refractivity contribution in [1.29, 1.82) is 0 Å². The number of aliphatic hydroxyl groups excluding tert-OH is 9. The molecule has 7 rings (SSSR count). The summed E-state index contributed by atoms with van der Waals surface area (Å²) in [4.78, 5) is 0. The number of aliphatic hydroxyl groups is 9. The zero-order valence-corrected chi connectivity index (χ0v) is 35.2. The predicted octanol–water partition coefficient (Wildman–Crippen LogP) is 1.39. The number of hydrogen-bond donors (Lipinski definition) is 9. The van der Waals surface area contributed by atoms with Crippen molar-refractivity contribution >= 4 is 0 Å². The lowest BCUT2D eigenvalue weighted by atomic mass is 9.32. The van der Waals surface area contributed by atoms with Gasteiger partial charge in [0.2, 0.25) is 0 Å². The first-order valence-corrected chi connectivity index (χ1v) is 21.4. The van der Waals surface area contributed by atoms with Crippen molar-refractivity contribution in [2.45, 2.75) is 180 Å². The second-order valence-electron chi connectivity index (χ2n) is 21.0. The first-order chi connectivity index (χ1) is 26.6. The van der Waals surface area contributed by atoms with Gasteiger partial charge in [-0.1, -0.05) is 53.2 Å². The molecule has 5 aliphatic carbocycles. The van der Waals surface area contributed by atoms with Crippen molar-refractivity contribution in [2.75, 3.05) is 26.9 Å². The molecule has 0 aromatic carbocycles. The maximum Gasteiger partial charge on any atom is 0.187 e. The third-order valence-corrected chi connectivity index (χ3v) is 17.7. The van der Waals surface area contributed by atoms with E-state index in [1.54, 1.807) is 14.0 Å². The number of rotatable bonds is 8. The Morgan fingerprint density at radius 2 is 1.42 bits per heavy atom. The van der Waals surface area contributed by atoms with Crippen molar-refractivity contribution in [1.82, 2.24) is 0 Å². The zero-order valence-electron chi connectivity index (χ0n) is 35.2. The zero-order chi connectivity index (χ0) is 41.8. The third kappa shape index (κ3) is 6.48. The van der Waals surface area contributed by atoms with Crippen molar-refractivity contribution in [3.8, 4) is 0 Å². The average molecular weight is 813 g/mol. The van der Waals surface area contributed by atoms with E-state index in [2.05, 4.69) is 40.7 Å². The molecule has 0 aromatic rings. The lowest BCUT2D eigenvalue weighted by molar-refractivity contribution is -0.368. The summed E-state index contributed by atoms with van der Waals surface area (Å²) in [6, 6.07) is 0. The van der Waals surface area contributed by atoms with E-state index < -0.39 is 91.1 Å². The van der Waals surface area contributed by atoms with Gasteiger partial charge in [-0.05, 0) is 91.8 Å². The Bertz CT molecular complexity index is 1490. The molecule has 21 atom stereocenters. The van der Waals surface area contributed by atoms with Gasteiger partial charge in [0, 0.05) is 23.9 Å². The van der Waals surface area contributed by atoms with Gasteiger partial charge in [-0.3, -0.25) is 0 Å². The molecule has 14 nitrogen and oxygen atoms in total. The van der Waals surface area contributed by atoms with Crippen LogP contribution in [0.15, 0.2) is 11.6 Å². The summed E-state index contributed by atoms with van der Waals surface area (Å²) < 4.78 is 30.6. The molecule has 9 N–H and O–H groups in total. The lowest BCUT2D eigenvalue weighted by Crippen LogP contribution is -2.70. The second kappa shape index (κ2) is 15.2. The van der Waals surface area contributed by atoms with E-state index in [0.717, 1.165) is 38.5 Å². The van der Waals surface area contributed by atoms with Crippen LogP contribution in [-0.2, 0) is 23.7 Å². The molecular formula is C43H72O14. The van der Waals surface area contributed by atoms with E-state index >= 15 is 0 Å². The number of methoxy groups -OCH3 is 1. The second-order valence-corrected chi connectivity index (χ2v) is 21.0. The maximum atomic E-state index is 12.1. The first kappa shape index (κ1) is 44.2. The molecule has 0 aromatic heterocycles. The van der Waals surface area contributed by atoms with Gasteiger partial charge in [0.15, 0.2) is 12.6 Å². The van der Waals surface area contributed by atoms with Crippen LogP contribution < -0.4 is 0 Å². The van der Waals surface area contributed by atoms with E-state index in [1.165, 1.54) is 5.57 Å². The van der Waals surface area contributed by atoms with Crippen LogP contribution in [0.5, 0.6) is 0 Å². The quantitative estimate of drug-likeness (QED) is 0.125. The van der Waals surface area contributed by atoms with Gasteiger partial charge in [-0.15, -0.1) is 0 Å². The van der Waals surface area contributed by atoms with Crippen LogP contribution in [-0.4, -0.2) is 153 Å². The van der Waals surface area contributed by atoms with Gasteiger partial charge in [0.25, 0.3) is 0 Å². The molecule has 14 heteroatoms. The summed E-state index contributed by atoms with van der Waals surface area (Å²) in [7, 11) is 1.78. The molecule has 0 amide bonds. The fourth-order valence-electron chi connectivity index (χ4n) is 14.0. The molecule has 2 saturated heterocycles. The van der Waals surface area contributed by atoms with Crippen LogP contribution in [0.3, 0.4) is 0 Å². The van der Waals surface area contributed by atoms with Crippen LogP contribution in [0.4, 0.5) is 0 Å². The Balaban J connectivity index is 1.17. The van der Waals surface area contributed by atoms with Crippen LogP contribution in [0.2, 0.25) is 0 Å². The van der Waals surface area contributed by atoms with Gasteiger partial charge in [-0.2, -0.15) is 0 Å². The average Bonchev–Trinajstić information content (AvgIpc) is 3.16. The molecular weight excluding hydrogens is 740 g/mol. The number of ether oxygens (including phenoxy) is 5. The largest absolute Gasteiger partial charge is 0.396 e. The van der Waals surface area contributed by atoms with Crippen LogP contribution >= 0.6 is 0 Å². The molecule has 7 aliphatic rings. The number of fused-ring (bicyclic) bond motifs is 7. The van der Waals surface area contributed by atoms with Gasteiger partial charge in [0.05, 0.1) is 44.2 Å². The summed E-state index contributed by atoms with van der Waals surface area (Å²) in [6.07, 6.45) is -7.49. The molecule has 0 unspecified atom stereocenters. The Morgan fingerprint density at radius 3 is 2.05 bits per heavy atom. The molecule has 0 bridgehead atoms. The van der Waals surface area contributed by atoms with Gasteiger partial charge < -0.3 is 69.6 Å². The van der Waals surface area contributed by atoms with Crippen LogP contribution in [0.25, 0.3) is 0 Å². The van der Waals surface area contributed by atoms with Gasteiger partial charge in [0.1, 0.15) is 42.7 Å². The molecule has 2 aliphatic heterocycles. The molecule has 2 heterocycles. The predicted molar refractivity (Wildman–Crippen MR) is 205 cm³/mol. The molecule has 0 radical (unpaired) electrons. The Kier molecular flexibility index (Phi) is 11.8. The SMILES string of the molecule is CO[C@H]1C=C2[C@@H]3CC(C)(C)CC[C@]3(CO)[C@H](O)C[C@@]2(C)[C@]2(C)CC[C@@H]3[C@](C)(CC[C@@H](O[C@@H]4O[C@H](C)[C@H](O)[C@H](O[C@@H]5O[C@H](CO)[C@@H](O)[C@H](O)[C@H]5O)[C@H]4O)[C@]3(C)CO)[C@@H]12. The number of allylic oxidation sites excluding steroid dienone is 1. The van der Waals surface area contributed by atoms with E-state index in [9.17, 15) is 46.0 Å². The Hall–Kier alpha value is -0.820. The fraction of sp³-hybridized carbons (Fsp3) is 0.953. The smallest absolute Gasteiger partial charge is 0.187 e. The van der Waals surface area contributed by atoms with E-state index in [-0.39, 0.29) is 58.7 Å². The summed E-state index contributed by atoms with van der Waals surface area (Å²) in [5.41, 5.74) is -0.934. The molecule has 0 spiro atoms. The minimum Gasteiger partial charge on any atom is -0.396 e. The molecule has 4 saturated carbocycles. The van der Waals surface area contributed by atoms with Crippen molar-refractivity contribution in [2.24, 2.45) is 50.2 Å². The minimum atomic E-state index is -1.74. The van der Waals surface area contributed by atoms with E-state index in [0.29, 0.717) is 12.8 Å². The Morgan fingerprint density at radius 1 is 0.737 bits per heavy atom. The van der Waals surface area contributed by atoms with Gasteiger partial charge in [-0.25, -0.2) is 0 Å². The first-order valence-electron chi connectivity index (χ1n) is 21.4. The molecule has 6 fully saturated rings. The topological polar surface area (TPSA) is 228 Å². The highest BCUT2D eigenvalue weighted by Crippen LogP contribution is 2.76. The number of hydrogen-bond acceptors (Lipinski definition) is 14. The summed E-state index contributed by atoms with van der Waals surface area (Å²) in [5, 5.41) is 98.1. The van der Waals surface area contributed by atoms with Crippen molar-refractivity contribution in [3.63, 3.8) is 0 Å². The lowest BCUT2D eigenvalue weighted by Gasteiger charge is -2.73. The van der Waals surface area contributed by atoms with E-state index in [1.807, 2.05) is 6.92 Å². The Labute approximate surface area is 337 Å². The maximum absolute atomic E-state index is 12.1. The summed E-state index contributed by atoms with van der Waals surface area (Å²) >= 11 is 0. The normalized spacial score (nSPS) is 56.1. The monoisotopic (exact) mass is 812 g/mol. The third-order valence-electron chi connectivity index (χ3n) is 17.7. The summed E-state index contributed by atoms with van der Waals surface area (Å²) in [6.45, 7) is 14.4. The van der Waals surface area contributed by atoms with Gasteiger partial charge >= 0.3 is 0 Å². The molecule has 328 valence electrons.